The lowest BCUT2D eigenvalue weighted by Gasteiger charge is -2.18. The van der Waals surface area contributed by atoms with E-state index in [-0.39, 0.29) is 10.6 Å². The number of nitrogens with two attached hydrogens (primary N) is 2. The number of carbonyl (C=O) groups excluding carboxylic acids is 2. The number of anilines is 1. The van der Waals surface area contributed by atoms with Gasteiger partial charge in [0.2, 0.25) is 0 Å². The maximum atomic E-state index is 13.0. The van der Waals surface area contributed by atoms with Crippen molar-refractivity contribution in [3.05, 3.63) is 40.5 Å². The number of fused-ring (bicyclic) bond motifs is 3. The molecule has 9 heteroatoms. The van der Waals surface area contributed by atoms with Crippen LogP contribution in [0.3, 0.4) is 0 Å². The summed E-state index contributed by atoms with van der Waals surface area (Å²) in [4.78, 5) is 23.3. The molecule has 0 saturated heterocycles. The smallest absolute Gasteiger partial charge is 0.365 e. The summed E-state index contributed by atoms with van der Waals surface area (Å²) in [5, 5.41) is 2.48. The molecule has 5 N–H and O–H groups in total. The largest absolute Gasteiger partial charge is 0.416 e. The summed E-state index contributed by atoms with van der Waals surface area (Å²) in [6, 6.07) is 2.66. The van der Waals surface area contributed by atoms with Crippen LogP contribution in [0, 0.1) is 0 Å². The van der Waals surface area contributed by atoms with Crippen molar-refractivity contribution < 1.29 is 22.8 Å². The molecule has 1 aromatic heterocycles. The van der Waals surface area contributed by atoms with Crippen LogP contribution in [0.4, 0.5) is 23.0 Å². The fraction of sp³-hybridized carbons (Fsp3) is 0.200. The van der Waals surface area contributed by atoms with E-state index < -0.39 is 23.7 Å². The summed E-state index contributed by atoms with van der Waals surface area (Å²) in [5.74, 6) is -0.758. The van der Waals surface area contributed by atoms with Crippen molar-refractivity contribution in [3.63, 3.8) is 0 Å². The van der Waals surface area contributed by atoms with Gasteiger partial charge in [-0.05, 0) is 41.7 Å². The van der Waals surface area contributed by atoms with Crippen LogP contribution in [-0.2, 0) is 19.0 Å². The van der Waals surface area contributed by atoms with Crippen molar-refractivity contribution in [1.29, 1.82) is 0 Å². The van der Waals surface area contributed by atoms with Gasteiger partial charge >= 0.3 is 12.2 Å². The molecule has 0 unspecified atom stereocenters. The number of rotatable bonds is 2. The molecular formula is C15H12F3N3O2S. The van der Waals surface area contributed by atoms with Crippen molar-refractivity contribution in [2.45, 2.75) is 19.0 Å². The molecular weight excluding hydrogens is 343 g/mol. The Hall–Kier alpha value is -2.55. The van der Waals surface area contributed by atoms with E-state index >= 15 is 0 Å². The van der Waals surface area contributed by atoms with Crippen molar-refractivity contribution >= 4 is 28.3 Å². The Morgan fingerprint density at radius 3 is 2.46 bits per heavy atom. The summed E-state index contributed by atoms with van der Waals surface area (Å²) in [7, 11) is 0. The molecule has 0 atom stereocenters. The van der Waals surface area contributed by atoms with E-state index in [0.717, 1.165) is 29.0 Å². The van der Waals surface area contributed by atoms with Gasteiger partial charge in [-0.2, -0.15) is 13.2 Å². The quantitative estimate of drug-likeness (QED) is 0.771. The first-order valence-corrected chi connectivity index (χ1v) is 7.72. The highest BCUT2D eigenvalue weighted by Crippen LogP contribution is 2.46. The Morgan fingerprint density at radius 1 is 1.17 bits per heavy atom. The molecule has 24 heavy (non-hydrogen) atoms. The summed E-state index contributed by atoms with van der Waals surface area (Å²) in [5.41, 5.74) is 11.5. The Bertz CT molecular complexity index is 858. The summed E-state index contributed by atoms with van der Waals surface area (Å²) in [6.45, 7) is 0. The lowest BCUT2D eigenvalue weighted by molar-refractivity contribution is -0.137. The fourth-order valence-corrected chi connectivity index (χ4v) is 4.13. The molecule has 3 amide bonds. The third kappa shape index (κ3) is 2.71. The number of aryl methyl sites for hydroxylation is 1. The number of hydrogen-bond donors (Lipinski definition) is 3. The molecule has 126 valence electrons. The van der Waals surface area contributed by atoms with Gasteiger partial charge in [0.15, 0.2) is 0 Å². The minimum Gasteiger partial charge on any atom is -0.365 e. The molecule has 0 radical (unpaired) electrons. The van der Waals surface area contributed by atoms with Crippen LogP contribution in [0.15, 0.2) is 18.2 Å². The number of halogens is 3. The van der Waals surface area contributed by atoms with Gasteiger partial charge in [0.05, 0.1) is 11.1 Å². The van der Waals surface area contributed by atoms with Gasteiger partial charge in [-0.1, -0.05) is 6.07 Å². The molecule has 0 fully saturated rings. The zero-order valence-corrected chi connectivity index (χ0v) is 13.0. The number of benzene rings is 1. The Labute approximate surface area is 138 Å². The second kappa shape index (κ2) is 5.52. The van der Waals surface area contributed by atoms with Crippen LogP contribution < -0.4 is 16.8 Å². The molecule has 1 aromatic carbocycles. The van der Waals surface area contributed by atoms with Crippen LogP contribution in [0.2, 0.25) is 0 Å². The first-order valence-electron chi connectivity index (χ1n) is 6.91. The van der Waals surface area contributed by atoms with E-state index in [9.17, 15) is 22.8 Å². The zero-order chi connectivity index (χ0) is 17.6. The van der Waals surface area contributed by atoms with Gasteiger partial charge in [0, 0.05) is 4.88 Å². The lowest BCUT2D eigenvalue weighted by atomic mass is 9.88. The highest BCUT2D eigenvalue weighted by Gasteiger charge is 2.33. The number of carbonyl (C=O) groups is 2. The first-order chi connectivity index (χ1) is 11.2. The number of nitrogens with one attached hydrogen (secondary N) is 1. The van der Waals surface area contributed by atoms with E-state index in [1.54, 1.807) is 0 Å². The zero-order valence-electron chi connectivity index (χ0n) is 12.2. The Kier molecular flexibility index (Phi) is 3.75. The van der Waals surface area contributed by atoms with E-state index in [0.29, 0.717) is 28.8 Å². The average molecular weight is 355 g/mol. The van der Waals surface area contributed by atoms with E-state index in [1.807, 2.05) is 0 Å². The molecule has 1 aliphatic carbocycles. The van der Waals surface area contributed by atoms with E-state index in [1.165, 1.54) is 6.07 Å². The van der Waals surface area contributed by atoms with Gasteiger partial charge in [-0.3, -0.25) is 10.1 Å². The molecule has 0 saturated carbocycles. The lowest BCUT2D eigenvalue weighted by Crippen LogP contribution is -2.22. The van der Waals surface area contributed by atoms with Crippen molar-refractivity contribution in [1.82, 2.24) is 0 Å². The van der Waals surface area contributed by atoms with Crippen molar-refractivity contribution in [2.75, 3.05) is 5.32 Å². The number of thiophene rings is 1. The van der Waals surface area contributed by atoms with Crippen LogP contribution in [0.25, 0.3) is 10.4 Å². The molecule has 2 aromatic rings. The third-order valence-electron chi connectivity index (χ3n) is 3.82. The number of amides is 3. The molecule has 1 aliphatic rings. The molecule has 3 rings (SSSR count). The van der Waals surface area contributed by atoms with Crippen LogP contribution >= 0.6 is 11.3 Å². The maximum absolute atomic E-state index is 13.0. The normalized spacial score (nSPS) is 13.1. The Morgan fingerprint density at radius 2 is 1.88 bits per heavy atom. The predicted octanol–water partition coefficient (Wildman–Crippen LogP) is 3.12. The summed E-state index contributed by atoms with van der Waals surface area (Å²) in [6.07, 6.45) is -3.54. The van der Waals surface area contributed by atoms with Crippen molar-refractivity contribution in [3.8, 4) is 10.4 Å². The summed E-state index contributed by atoms with van der Waals surface area (Å²) < 4.78 is 38.9. The van der Waals surface area contributed by atoms with Crippen molar-refractivity contribution in [2.24, 2.45) is 11.5 Å². The minimum absolute atomic E-state index is 0.108. The fourth-order valence-electron chi connectivity index (χ4n) is 2.82. The van der Waals surface area contributed by atoms with Crippen LogP contribution in [-0.4, -0.2) is 11.9 Å². The van der Waals surface area contributed by atoms with E-state index in [4.69, 9.17) is 11.5 Å². The third-order valence-corrected chi connectivity index (χ3v) is 5.00. The molecule has 1 heterocycles. The SMILES string of the molecule is NC(=O)Nc1sc2c(c1C(N)=O)CCc1ccc(C(F)(F)F)cc1-2. The van der Waals surface area contributed by atoms with Crippen LogP contribution in [0.1, 0.15) is 27.0 Å². The second-order valence-electron chi connectivity index (χ2n) is 5.34. The number of hydrogen-bond acceptors (Lipinski definition) is 3. The summed E-state index contributed by atoms with van der Waals surface area (Å²) >= 11 is 1.00. The van der Waals surface area contributed by atoms with Gasteiger partial charge in [0.1, 0.15) is 5.00 Å². The Balaban J connectivity index is 2.21. The predicted molar refractivity (Wildman–Crippen MR) is 83.9 cm³/mol. The molecule has 0 aliphatic heterocycles. The average Bonchev–Trinajstić information content (AvgIpc) is 2.83. The molecule has 0 bridgehead atoms. The van der Waals surface area contributed by atoms with Gasteiger partial charge in [0.25, 0.3) is 5.91 Å². The highest BCUT2D eigenvalue weighted by molar-refractivity contribution is 7.20. The monoisotopic (exact) mass is 355 g/mol. The standard InChI is InChI=1S/C15H12F3N3O2S/c16-15(17,18)7-3-1-6-2-4-8-10(12(19)22)13(21-14(20)23)24-11(8)9(6)5-7/h1,3,5H,2,4H2,(H2,19,22)(H3,20,21,23). The second-order valence-corrected chi connectivity index (χ2v) is 6.36. The molecule has 0 spiro atoms. The number of urea groups is 1. The van der Waals surface area contributed by atoms with E-state index in [2.05, 4.69) is 5.32 Å². The highest BCUT2D eigenvalue weighted by atomic mass is 32.1. The molecule has 5 nitrogen and oxygen atoms in total. The first kappa shape index (κ1) is 16.3. The number of primary amides is 2. The minimum atomic E-state index is -4.47. The van der Waals surface area contributed by atoms with Gasteiger partial charge in [-0.15, -0.1) is 11.3 Å². The van der Waals surface area contributed by atoms with Gasteiger partial charge in [-0.25, -0.2) is 4.79 Å². The van der Waals surface area contributed by atoms with Gasteiger partial charge < -0.3 is 11.5 Å². The number of alkyl halides is 3. The topological polar surface area (TPSA) is 98.2 Å². The van der Waals surface area contributed by atoms with Crippen LogP contribution in [0.5, 0.6) is 0 Å². The maximum Gasteiger partial charge on any atom is 0.416 e.